The first kappa shape index (κ1) is 15.8. The van der Waals surface area contributed by atoms with Gasteiger partial charge in [-0.2, -0.15) is 0 Å². The molecule has 108 valence electrons. The predicted octanol–water partition coefficient (Wildman–Crippen LogP) is 1.78. The summed E-state index contributed by atoms with van der Waals surface area (Å²) in [5.41, 5.74) is 0. The van der Waals surface area contributed by atoms with Gasteiger partial charge in [-0.15, -0.1) is 6.42 Å². The molecule has 0 spiro atoms. The standard InChI is InChI=1S/C15H20FN3O/c1-4-10-18-15(17-5-2)19-11-12(3)20-14-8-6-13(16)7-9-14/h1,6-9,12H,5,10-11H2,2-3H3,(H2,17,18,19). The maximum atomic E-state index is 12.8. The highest BCUT2D eigenvalue weighted by Crippen LogP contribution is 2.12. The third-order valence-corrected chi connectivity index (χ3v) is 2.36. The van der Waals surface area contributed by atoms with Crippen LogP contribution in [0.3, 0.4) is 0 Å². The van der Waals surface area contributed by atoms with E-state index in [0.29, 0.717) is 24.8 Å². The molecule has 0 aliphatic carbocycles. The van der Waals surface area contributed by atoms with Gasteiger partial charge in [0.2, 0.25) is 0 Å². The van der Waals surface area contributed by atoms with Crippen molar-refractivity contribution in [2.75, 3.05) is 19.6 Å². The lowest BCUT2D eigenvalue weighted by atomic mass is 10.3. The van der Waals surface area contributed by atoms with Crippen LogP contribution in [0.1, 0.15) is 13.8 Å². The van der Waals surface area contributed by atoms with E-state index in [-0.39, 0.29) is 11.9 Å². The third-order valence-electron chi connectivity index (χ3n) is 2.36. The Kier molecular flexibility index (Phi) is 6.97. The van der Waals surface area contributed by atoms with E-state index in [1.807, 2.05) is 13.8 Å². The topological polar surface area (TPSA) is 45.7 Å². The first-order chi connectivity index (χ1) is 9.65. The molecule has 4 nitrogen and oxygen atoms in total. The number of benzene rings is 1. The van der Waals surface area contributed by atoms with E-state index in [9.17, 15) is 4.39 Å². The number of rotatable bonds is 6. The first-order valence-corrected chi connectivity index (χ1v) is 6.53. The van der Waals surface area contributed by atoms with E-state index >= 15 is 0 Å². The van der Waals surface area contributed by atoms with Crippen LogP contribution in [0.25, 0.3) is 0 Å². The second-order valence-electron chi connectivity index (χ2n) is 4.16. The molecule has 0 heterocycles. The second kappa shape index (κ2) is 8.81. The Labute approximate surface area is 119 Å². The SMILES string of the molecule is C#CCNC(=NCC(C)Oc1ccc(F)cc1)NCC. The molecule has 0 fully saturated rings. The smallest absolute Gasteiger partial charge is 0.192 e. The number of halogens is 1. The third kappa shape index (κ3) is 6.10. The van der Waals surface area contributed by atoms with Crippen molar-refractivity contribution >= 4 is 5.96 Å². The van der Waals surface area contributed by atoms with Crippen LogP contribution in [0.5, 0.6) is 5.75 Å². The Bertz CT molecular complexity index is 465. The molecular weight excluding hydrogens is 257 g/mol. The molecule has 1 atom stereocenters. The Morgan fingerprint density at radius 2 is 2.10 bits per heavy atom. The number of ether oxygens (including phenoxy) is 1. The van der Waals surface area contributed by atoms with Gasteiger partial charge in [-0.3, -0.25) is 0 Å². The number of terminal acetylenes is 1. The number of nitrogens with one attached hydrogen (secondary N) is 2. The van der Waals surface area contributed by atoms with Gasteiger partial charge in [0.25, 0.3) is 0 Å². The molecule has 0 saturated carbocycles. The first-order valence-electron chi connectivity index (χ1n) is 6.53. The van der Waals surface area contributed by atoms with Crippen LogP contribution in [0.2, 0.25) is 0 Å². The monoisotopic (exact) mass is 277 g/mol. The van der Waals surface area contributed by atoms with E-state index in [0.717, 1.165) is 6.54 Å². The molecule has 1 aromatic carbocycles. The molecule has 0 aliphatic heterocycles. The van der Waals surface area contributed by atoms with Crippen LogP contribution in [0.15, 0.2) is 29.3 Å². The second-order valence-corrected chi connectivity index (χ2v) is 4.16. The fraction of sp³-hybridized carbons (Fsp3) is 0.400. The molecule has 0 amide bonds. The minimum absolute atomic E-state index is 0.123. The van der Waals surface area contributed by atoms with Gasteiger partial charge in [0, 0.05) is 6.54 Å². The molecule has 0 aromatic heterocycles. The minimum atomic E-state index is -0.282. The van der Waals surface area contributed by atoms with Crippen LogP contribution in [0, 0.1) is 18.2 Å². The van der Waals surface area contributed by atoms with Gasteiger partial charge in [0.15, 0.2) is 5.96 Å². The lowest BCUT2D eigenvalue weighted by Crippen LogP contribution is -2.38. The van der Waals surface area contributed by atoms with Crippen molar-refractivity contribution < 1.29 is 9.13 Å². The van der Waals surface area contributed by atoms with Crippen molar-refractivity contribution in [1.82, 2.24) is 10.6 Å². The summed E-state index contributed by atoms with van der Waals surface area (Å²) in [5.74, 6) is 3.48. The summed E-state index contributed by atoms with van der Waals surface area (Å²) in [5, 5.41) is 6.08. The fourth-order valence-corrected chi connectivity index (χ4v) is 1.48. The molecule has 0 aliphatic rings. The van der Waals surface area contributed by atoms with E-state index < -0.39 is 0 Å². The number of aliphatic imine (C=N–C) groups is 1. The van der Waals surface area contributed by atoms with Crippen molar-refractivity contribution in [3.63, 3.8) is 0 Å². The summed E-state index contributed by atoms with van der Waals surface area (Å²) in [4.78, 5) is 4.36. The molecule has 1 unspecified atom stereocenters. The summed E-state index contributed by atoms with van der Waals surface area (Å²) in [6.45, 7) is 5.52. The number of guanidine groups is 1. The van der Waals surface area contributed by atoms with E-state index in [2.05, 4.69) is 21.5 Å². The molecule has 20 heavy (non-hydrogen) atoms. The normalized spacial score (nSPS) is 12.4. The minimum Gasteiger partial charge on any atom is -0.489 e. The van der Waals surface area contributed by atoms with Crippen molar-refractivity contribution in [3.8, 4) is 18.1 Å². The lowest BCUT2D eigenvalue weighted by Gasteiger charge is -2.14. The number of nitrogens with zero attached hydrogens (tertiary/aromatic N) is 1. The van der Waals surface area contributed by atoms with Crippen molar-refractivity contribution in [3.05, 3.63) is 30.1 Å². The highest BCUT2D eigenvalue weighted by atomic mass is 19.1. The number of hydrogen-bond acceptors (Lipinski definition) is 2. The van der Waals surface area contributed by atoms with Crippen LogP contribution in [-0.2, 0) is 0 Å². The largest absolute Gasteiger partial charge is 0.489 e. The summed E-state index contributed by atoms with van der Waals surface area (Å²) < 4.78 is 18.4. The Hall–Kier alpha value is -2.22. The predicted molar refractivity (Wildman–Crippen MR) is 79.3 cm³/mol. The summed E-state index contributed by atoms with van der Waals surface area (Å²) in [6.07, 6.45) is 5.07. The van der Waals surface area contributed by atoms with Gasteiger partial charge >= 0.3 is 0 Å². The van der Waals surface area contributed by atoms with Crippen molar-refractivity contribution in [2.24, 2.45) is 4.99 Å². The lowest BCUT2D eigenvalue weighted by molar-refractivity contribution is 0.230. The molecule has 1 rings (SSSR count). The van der Waals surface area contributed by atoms with Crippen LogP contribution < -0.4 is 15.4 Å². The average Bonchev–Trinajstić information content (AvgIpc) is 2.44. The molecule has 5 heteroatoms. The zero-order valence-electron chi connectivity index (χ0n) is 11.8. The van der Waals surface area contributed by atoms with E-state index in [1.54, 1.807) is 12.1 Å². The maximum absolute atomic E-state index is 12.8. The van der Waals surface area contributed by atoms with Crippen LogP contribution in [-0.4, -0.2) is 31.7 Å². The summed E-state index contributed by atoms with van der Waals surface area (Å²) in [6, 6.07) is 5.92. The van der Waals surface area contributed by atoms with Gasteiger partial charge in [-0.25, -0.2) is 9.38 Å². The number of hydrogen-bond donors (Lipinski definition) is 2. The zero-order valence-corrected chi connectivity index (χ0v) is 11.8. The van der Waals surface area contributed by atoms with Crippen molar-refractivity contribution in [1.29, 1.82) is 0 Å². The zero-order chi connectivity index (χ0) is 14.8. The van der Waals surface area contributed by atoms with Crippen LogP contribution in [0.4, 0.5) is 4.39 Å². The van der Waals surface area contributed by atoms with E-state index in [1.165, 1.54) is 12.1 Å². The van der Waals surface area contributed by atoms with Gasteiger partial charge in [0.1, 0.15) is 17.7 Å². The molecule has 1 aromatic rings. The Morgan fingerprint density at radius 1 is 1.40 bits per heavy atom. The summed E-state index contributed by atoms with van der Waals surface area (Å²) >= 11 is 0. The fourth-order valence-electron chi connectivity index (χ4n) is 1.48. The molecule has 0 saturated heterocycles. The highest BCUT2D eigenvalue weighted by molar-refractivity contribution is 5.79. The van der Waals surface area contributed by atoms with Gasteiger partial charge in [-0.1, -0.05) is 5.92 Å². The quantitative estimate of drug-likeness (QED) is 0.473. The Morgan fingerprint density at radius 3 is 2.70 bits per heavy atom. The molecule has 0 bridgehead atoms. The molecule has 2 N–H and O–H groups in total. The highest BCUT2D eigenvalue weighted by Gasteiger charge is 2.04. The Balaban J connectivity index is 2.48. The molecular formula is C15H20FN3O. The van der Waals surface area contributed by atoms with Gasteiger partial charge < -0.3 is 15.4 Å². The van der Waals surface area contributed by atoms with Crippen molar-refractivity contribution in [2.45, 2.75) is 20.0 Å². The van der Waals surface area contributed by atoms with E-state index in [4.69, 9.17) is 11.2 Å². The average molecular weight is 277 g/mol. The summed E-state index contributed by atoms with van der Waals surface area (Å²) in [7, 11) is 0. The van der Waals surface area contributed by atoms with Crippen LogP contribution >= 0.6 is 0 Å². The van der Waals surface area contributed by atoms with Gasteiger partial charge in [0.05, 0.1) is 13.1 Å². The maximum Gasteiger partial charge on any atom is 0.192 e. The molecule has 0 radical (unpaired) electrons. The van der Waals surface area contributed by atoms with Gasteiger partial charge in [-0.05, 0) is 38.1 Å².